The zero-order valence-corrected chi connectivity index (χ0v) is 13.0. The smallest absolute Gasteiger partial charge is 0.237 e. The largest absolute Gasteiger partial charge is 0.279 e. The highest BCUT2D eigenvalue weighted by molar-refractivity contribution is 7.87. The molecule has 8 heteroatoms. The second-order valence-corrected chi connectivity index (χ2v) is 7.01. The van der Waals surface area contributed by atoms with Gasteiger partial charge in [-0.1, -0.05) is 6.42 Å². The molecule has 0 amide bonds. The van der Waals surface area contributed by atoms with E-state index in [0.29, 0.717) is 18.9 Å². The maximum absolute atomic E-state index is 12.3. The number of pyridine rings is 1. The molecule has 0 aromatic carbocycles. The fourth-order valence-corrected chi connectivity index (χ4v) is 3.74. The molecule has 1 saturated heterocycles. The van der Waals surface area contributed by atoms with Gasteiger partial charge in [0.1, 0.15) is 0 Å². The lowest BCUT2D eigenvalue weighted by Crippen LogP contribution is -2.43. The Balaban J connectivity index is 1.67. The Morgan fingerprint density at radius 2 is 2.00 bits per heavy atom. The third-order valence-corrected chi connectivity index (χ3v) is 5.22. The molecule has 1 aliphatic heterocycles. The SMILES string of the molecule is O=S(=O)(NCc1ccnc(-n2cccn2)c1)N1CCCCC1. The van der Waals surface area contributed by atoms with Crippen molar-refractivity contribution in [1.29, 1.82) is 0 Å². The van der Waals surface area contributed by atoms with Gasteiger partial charge in [-0.05, 0) is 36.6 Å². The van der Waals surface area contributed by atoms with Crippen molar-refractivity contribution in [2.45, 2.75) is 25.8 Å². The second kappa shape index (κ2) is 6.55. The molecule has 3 rings (SSSR count). The Hall–Kier alpha value is -1.77. The summed E-state index contributed by atoms with van der Waals surface area (Å²) in [5.41, 5.74) is 0.848. The van der Waals surface area contributed by atoms with Gasteiger partial charge in [0, 0.05) is 38.2 Å². The molecule has 0 spiro atoms. The van der Waals surface area contributed by atoms with Crippen LogP contribution in [-0.4, -0.2) is 40.6 Å². The molecule has 1 N–H and O–H groups in total. The van der Waals surface area contributed by atoms with Gasteiger partial charge < -0.3 is 0 Å². The number of piperidine rings is 1. The fourth-order valence-electron chi connectivity index (χ4n) is 2.47. The van der Waals surface area contributed by atoms with E-state index in [9.17, 15) is 8.42 Å². The molecule has 3 heterocycles. The molecule has 0 aliphatic carbocycles. The van der Waals surface area contributed by atoms with Crippen LogP contribution in [0.1, 0.15) is 24.8 Å². The van der Waals surface area contributed by atoms with Crippen LogP contribution < -0.4 is 4.72 Å². The molecular weight excluding hydrogens is 302 g/mol. The minimum Gasteiger partial charge on any atom is -0.237 e. The van der Waals surface area contributed by atoms with Crippen molar-refractivity contribution in [3.05, 3.63) is 42.4 Å². The summed E-state index contributed by atoms with van der Waals surface area (Å²) in [6.45, 7) is 1.45. The van der Waals surface area contributed by atoms with Crippen LogP contribution in [-0.2, 0) is 16.8 Å². The van der Waals surface area contributed by atoms with E-state index < -0.39 is 10.2 Å². The molecule has 1 fully saturated rings. The van der Waals surface area contributed by atoms with Crippen molar-refractivity contribution in [3.63, 3.8) is 0 Å². The zero-order chi connectivity index (χ0) is 15.4. The summed E-state index contributed by atoms with van der Waals surface area (Å²) in [7, 11) is -3.41. The average molecular weight is 321 g/mol. The summed E-state index contributed by atoms with van der Waals surface area (Å²) < 4.78 is 30.3. The van der Waals surface area contributed by atoms with Gasteiger partial charge in [-0.25, -0.2) is 9.67 Å². The normalized spacial score (nSPS) is 16.7. The molecule has 0 bridgehead atoms. The maximum Gasteiger partial charge on any atom is 0.279 e. The summed E-state index contributed by atoms with van der Waals surface area (Å²) in [5.74, 6) is 0.666. The zero-order valence-electron chi connectivity index (χ0n) is 12.2. The van der Waals surface area contributed by atoms with Crippen LogP contribution in [0.4, 0.5) is 0 Å². The lowest BCUT2D eigenvalue weighted by Gasteiger charge is -2.25. The van der Waals surface area contributed by atoms with Gasteiger partial charge in [0.2, 0.25) is 0 Å². The summed E-state index contributed by atoms with van der Waals surface area (Å²) in [6, 6.07) is 5.44. The molecule has 7 nitrogen and oxygen atoms in total. The molecule has 0 atom stereocenters. The number of hydrogen-bond acceptors (Lipinski definition) is 4. The van der Waals surface area contributed by atoms with Gasteiger partial charge in [0.05, 0.1) is 0 Å². The van der Waals surface area contributed by atoms with Crippen LogP contribution in [0, 0.1) is 0 Å². The topological polar surface area (TPSA) is 80.1 Å². The Morgan fingerprint density at radius 3 is 2.73 bits per heavy atom. The third kappa shape index (κ3) is 3.52. The van der Waals surface area contributed by atoms with Crippen LogP contribution in [0.3, 0.4) is 0 Å². The molecule has 0 unspecified atom stereocenters. The predicted octanol–water partition coefficient (Wildman–Crippen LogP) is 1.09. The molecule has 0 saturated carbocycles. The average Bonchev–Trinajstić information content (AvgIpc) is 3.09. The van der Waals surface area contributed by atoms with E-state index in [1.54, 1.807) is 29.3 Å². The Morgan fingerprint density at radius 1 is 1.18 bits per heavy atom. The predicted molar refractivity (Wildman–Crippen MR) is 82.5 cm³/mol. The molecule has 2 aromatic heterocycles. The van der Waals surface area contributed by atoms with Gasteiger partial charge in [-0.15, -0.1) is 0 Å². The Kier molecular flexibility index (Phi) is 4.51. The Bertz CT molecular complexity index is 709. The minimum absolute atomic E-state index is 0.246. The fraction of sp³-hybridized carbons (Fsp3) is 0.429. The minimum atomic E-state index is -3.41. The van der Waals surface area contributed by atoms with E-state index in [0.717, 1.165) is 24.8 Å². The van der Waals surface area contributed by atoms with Crippen molar-refractivity contribution in [2.24, 2.45) is 0 Å². The number of rotatable bonds is 5. The molecular formula is C14H19N5O2S. The first-order valence-electron chi connectivity index (χ1n) is 7.35. The number of nitrogens with zero attached hydrogens (tertiary/aromatic N) is 4. The van der Waals surface area contributed by atoms with Gasteiger partial charge in [0.25, 0.3) is 10.2 Å². The van der Waals surface area contributed by atoms with Crippen molar-refractivity contribution < 1.29 is 8.42 Å². The number of nitrogens with one attached hydrogen (secondary N) is 1. The summed E-state index contributed by atoms with van der Waals surface area (Å²) >= 11 is 0. The summed E-state index contributed by atoms with van der Waals surface area (Å²) in [4.78, 5) is 4.23. The van der Waals surface area contributed by atoms with E-state index in [1.165, 1.54) is 4.31 Å². The van der Waals surface area contributed by atoms with Gasteiger partial charge in [-0.3, -0.25) is 0 Å². The maximum atomic E-state index is 12.3. The van der Waals surface area contributed by atoms with Crippen LogP contribution in [0.2, 0.25) is 0 Å². The summed E-state index contributed by atoms with van der Waals surface area (Å²) in [6.07, 6.45) is 8.09. The van der Waals surface area contributed by atoms with E-state index in [2.05, 4.69) is 14.8 Å². The van der Waals surface area contributed by atoms with E-state index >= 15 is 0 Å². The third-order valence-electron chi connectivity index (χ3n) is 3.66. The standard InChI is InChI=1S/C14H19N5O2S/c20-22(21,18-8-2-1-3-9-18)17-12-13-5-7-15-14(11-13)19-10-4-6-16-19/h4-7,10-11,17H,1-3,8-9,12H2. The van der Waals surface area contributed by atoms with Gasteiger partial charge in [-0.2, -0.15) is 22.5 Å². The monoisotopic (exact) mass is 321 g/mol. The first kappa shape index (κ1) is 15.1. The van der Waals surface area contributed by atoms with Crippen molar-refractivity contribution in [2.75, 3.05) is 13.1 Å². The molecule has 1 aliphatic rings. The van der Waals surface area contributed by atoms with Crippen LogP contribution in [0.25, 0.3) is 5.82 Å². The second-order valence-electron chi connectivity index (χ2n) is 5.26. The van der Waals surface area contributed by atoms with Gasteiger partial charge >= 0.3 is 0 Å². The first-order chi connectivity index (χ1) is 10.6. The lowest BCUT2D eigenvalue weighted by molar-refractivity contribution is 0.341. The van der Waals surface area contributed by atoms with Crippen LogP contribution in [0.15, 0.2) is 36.8 Å². The number of aromatic nitrogens is 3. The van der Waals surface area contributed by atoms with Gasteiger partial charge in [0.15, 0.2) is 5.82 Å². The molecule has 22 heavy (non-hydrogen) atoms. The van der Waals surface area contributed by atoms with Crippen molar-refractivity contribution >= 4 is 10.2 Å². The lowest BCUT2D eigenvalue weighted by atomic mass is 10.2. The quantitative estimate of drug-likeness (QED) is 0.894. The number of hydrogen-bond donors (Lipinski definition) is 1. The van der Waals surface area contributed by atoms with Crippen LogP contribution in [0.5, 0.6) is 0 Å². The molecule has 0 radical (unpaired) electrons. The summed E-state index contributed by atoms with van der Waals surface area (Å²) in [5, 5.41) is 4.12. The van der Waals surface area contributed by atoms with E-state index in [4.69, 9.17) is 0 Å². The van der Waals surface area contributed by atoms with Crippen molar-refractivity contribution in [3.8, 4) is 5.82 Å². The highest BCUT2D eigenvalue weighted by Crippen LogP contribution is 2.13. The van der Waals surface area contributed by atoms with Crippen LogP contribution >= 0.6 is 0 Å². The van der Waals surface area contributed by atoms with Crippen molar-refractivity contribution in [1.82, 2.24) is 23.8 Å². The first-order valence-corrected chi connectivity index (χ1v) is 8.79. The highest BCUT2D eigenvalue weighted by atomic mass is 32.2. The van der Waals surface area contributed by atoms with E-state index in [1.807, 2.05) is 12.1 Å². The van der Waals surface area contributed by atoms with E-state index in [-0.39, 0.29) is 6.54 Å². The highest BCUT2D eigenvalue weighted by Gasteiger charge is 2.23. The Labute approximate surface area is 130 Å². The molecule has 2 aromatic rings. The molecule has 118 valence electrons.